The van der Waals surface area contributed by atoms with Gasteiger partial charge in [-0.25, -0.2) is 8.42 Å². The molecule has 1 aliphatic rings. The van der Waals surface area contributed by atoms with E-state index in [1.165, 1.54) is 7.11 Å². The van der Waals surface area contributed by atoms with Gasteiger partial charge in [-0.1, -0.05) is 67.6 Å². The predicted molar refractivity (Wildman–Crippen MR) is 133 cm³/mol. The summed E-state index contributed by atoms with van der Waals surface area (Å²) < 4.78 is 33.6. The van der Waals surface area contributed by atoms with E-state index >= 15 is 0 Å². The fourth-order valence-electron chi connectivity index (χ4n) is 4.14. The number of halogens is 1. The van der Waals surface area contributed by atoms with Crippen LogP contribution >= 0.6 is 11.6 Å². The number of sulfonamides is 1. The maximum Gasteiger partial charge on any atom is 0.252 e. The van der Waals surface area contributed by atoms with Gasteiger partial charge in [-0.15, -0.1) is 0 Å². The monoisotopic (exact) mass is 492 g/mol. The SMILES string of the molecule is COCC(=O)N1CCCCCCCCN(S(=O)(=O)Cc2ccc(Cl)cc2)Cc2ccccc21. The predicted octanol–water partition coefficient (Wildman–Crippen LogP) is 5.01. The zero-order valence-corrected chi connectivity index (χ0v) is 20.8. The van der Waals surface area contributed by atoms with E-state index in [2.05, 4.69) is 0 Å². The standard InChI is InChI=1S/C25H33ClN2O4S/c1-32-19-25(29)28-17-9-5-3-2-4-8-16-27(18-22-10-6-7-11-24(22)28)33(30,31)20-21-12-14-23(26)15-13-21/h6-7,10-15H,2-5,8-9,16-20H2,1H3. The van der Waals surface area contributed by atoms with E-state index in [1.54, 1.807) is 33.5 Å². The van der Waals surface area contributed by atoms with Crippen molar-refractivity contribution in [1.29, 1.82) is 0 Å². The topological polar surface area (TPSA) is 66.9 Å². The lowest BCUT2D eigenvalue weighted by molar-refractivity contribution is -0.122. The van der Waals surface area contributed by atoms with Crippen LogP contribution in [0.4, 0.5) is 5.69 Å². The zero-order chi connectivity index (χ0) is 23.7. The molecule has 6 nitrogen and oxygen atoms in total. The summed E-state index contributed by atoms with van der Waals surface area (Å²) in [6.45, 7) is 1.27. The van der Waals surface area contributed by atoms with Gasteiger partial charge in [0.25, 0.3) is 5.91 Å². The molecule has 0 saturated heterocycles. The maximum atomic E-state index is 13.4. The van der Waals surface area contributed by atoms with E-state index in [1.807, 2.05) is 24.3 Å². The number of para-hydroxylation sites is 1. The van der Waals surface area contributed by atoms with Crippen LogP contribution < -0.4 is 4.90 Å². The summed E-state index contributed by atoms with van der Waals surface area (Å²) in [5, 5.41) is 0.577. The molecule has 0 saturated carbocycles. The van der Waals surface area contributed by atoms with Gasteiger partial charge in [0.15, 0.2) is 0 Å². The minimum Gasteiger partial charge on any atom is -0.375 e. The van der Waals surface area contributed by atoms with Gasteiger partial charge in [-0.2, -0.15) is 4.31 Å². The van der Waals surface area contributed by atoms with Gasteiger partial charge in [0.2, 0.25) is 10.0 Å². The number of rotatable bonds is 5. The third kappa shape index (κ3) is 7.54. The van der Waals surface area contributed by atoms with Crippen LogP contribution in [0, 0.1) is 0 Å². The molecule has 3 rings (SSSR count). The lowest BCUT2D eigenvalue weighted by Crippen LogP contribution is -2.37. The molecule has 2 aromatic carbocycles. The normalized spacial score (nSPS) is 16.8. The molecule has 0 radical (unpaired) electrons. The number of nitrogens with zero attached hydrogens (tertiary/aromatic N) is 2. The Morgan fingerprint density at radius 2 is 1.58 bits per heavy atom. The first kappa shape index (κ1) is 25.7. The number of carbonyl (C=O) groups excluding carboxylic acids is 1. The first-order valence-corrected chi connectivity index (χ1v) is 13.5. The maximum absolute atomic E-state index is 13.4. The number of ether oxygens (including phenoxy) is 1. The van der Waals surface area contributed by atoms with Crippen LogP contribution in [0.1, 0.15) is 49.7 Å². The number of anilines is 1. The van der Waals surface area contributed by atoms with Gasteiger partial charge >= 0.3 is 0 Å². The van der Waals surface area contributed by atoms with E-state index in [4.69, 9.17) is 16.3 Å². The highest BCUT2D eigenvalue weighted by atomic mass is 35.5. The van der Waals surface area contributed by atoms with E-state index in [-0.39, 0.29) is 24.8 Å². The first-order chi connectivity index (χ1) is 15.9. The van der Waals surface area contributed by atoms with E-state index in [0.29, 0.717) is 23.7 Å². The van der Waals surface area contributed by atoms with Crippen LogP contribution in [0.25, 0.3) is 0 Å². The first-order valence-electron chi connectivity index (χ1n) is 11.5. The number of hydrogen-bond acceptors (Lipinski definition) is 4. The summed E-state index contributed by atoms with van der Waals surface area (Å²) in [4.78, 5) is 14.6. The van der Waals surface area contributed by atoms with Crippen LogP contribution in [-0.2, 0) is 31.9 Å². The van der Waals surface area contributed by atoms with Crippen molar-refractivity contribution < 1.29 is 17.9 Å². The Labute approximate surface area is 202 Å². The Morgan fingerprint density at radius 3 is 2.27 bits per heavy atom. The van der Waals surface area contributed by atoms with Gasteiger partial charge in [-0.05, 0) is 42.2 Å². The summed E-state index contributed by atoms with van der Waals surface area (Å²) in [7, 11) is -2.07. The summed E-state index contributed by atoms with van der Waals surface area (Å²) in [6, 6.07) is 14.5. The molecule has 2 aromatic rings. The highest BCUT2D eigenvalue weighted by molar-refractivity contribution is 7.88. The molecular formula is C25H33ClN2O4S. The molecule has 0 bridgehead atoms. The number of amides is 1. The molecule has 8 heteroatoms. The number of hydrogen-bond donors (Lipinski definition) is 0. The van der Waals surface area contributed by atoms with E-state index in [9.17, 15) is 13.2 Å². The summed E-state index contributed by atoms with van der Waals surface area (Å²) in [5.41, 5.74) is 2.28. The molecule has 180 valence electrons. The van der Waals surface area contributed by atoms with Crippen LogP contribution in [0.3, 0.4) is 0 Å². The number of methoxy groups -OCH3 is 1. The lowest BCUT2D eigenvalue weighted by Gasteiger charge is -2.28. The third-order valence-electron chi connectivity index (χ3n) is 5.89. The quantitative estimate of drug-likeness (QED) is 0.588. The number of fused-ring (bicyclic) bond motifs is 1. The lowest BCUT2D eigenvalue weighted by atomic mass is 10.1. The second kappa shape index (κ2) is 12.5. The Kier molecular flexibility index (Phi) is 9.74. The van der Waals surface area contributed by atoms with E-state index in [0.717, 1.165) is 49.8 Å². The van der Waals surface area contributed by atoms with Crippen molar-refractivity contribution >= 4 is 33.2 Å². The summed E-state index contributed by atoms with van der Waals surface area (Å²) >= 11 is 5.96. The zero-order valence-electron chi connectivity index (χ0n) is 19.2. The van der Waals surface area contributed by atoms with Gasteiger partial charge in [0.1, 0.15) is 6.61 Å². The van der Waals surface area contributed by atoms with Crippen molar-refractivity contribution in [2.24, 2.45) is 0 Å². The Hall–Kier alpha value is -1.93. The number of benzene rings is 2. The molecule has 0 atom stereocenters. The van der Waals surface area contributed by atoms with Crippen molar-refractivity contribution in [1.82, 2.24) is 4.31 Å². The Bertz CT molecular complexity index is 1010. The summed E-state index contributed by atoms with van der Waals surface area (Å²) in [6.07, 6.45) is 5.88. The summed E-state index contributed by atoms with van der Waals surface area (Å²) in [5.74, 6) is -0.200. The highest BCUT2D eigenvalue weighted by Gasteiger charge is 2.26. The fraction of sp³-hybridized carbons (Fsp3) is 0.480. The van der Waals surface area contributed by atoms with Gasteiger partial charge < -0.3 is 9.64 Å². The minimum atomic E-state index is -3.58. The van der Waals surface area contributed by atoms with Gasteiger partial charge in [-0.3, -0.25) is 4.79 Å². The van der Waals surface area contributed by atoms with Crippen LogP contribution in [0.5, 0.6) is 0 Å². The number of carbonyl (C=O) groups is 1. The van der Waals surface area contributed by atoms with Crippen molar-refractivity contribution in [3.8, 4) is 0 Å². The van der Waals surface area contributed by atoms with Gasteiger partial charge in [0, 0.05) is 37.5 Å². The Balaban J connectivity index is 1.93. The van der Waals surface area contributed by atoms with E-state index < -0.39 is 10.0 Å². The second-order valence-corrected chi connectivity index (χ2v) is 10.9. The van der Waals surface area contributed by atoms with Crippen LogP contribution in [0.15, 0.2) is 48.5 Å². The molecule has 0 unspecified atom stereocenters. The minimum absolute atomic E-state index is 0.00703. The molecule has 0 aliphatic carbocycles. The Morgan fingerprint density at radius 1 is 0.939 bits per heavy atom. The molecule has 1 heterocycles. The third-order valence-corrected chi connectivity index (χ3v) is 7.94. The molecular weight excluding hydrogens is 460 g/mol. The average molecular weight is 493 g/mol. The van der Waals surface area contributed by atoms with Crippen molar-refractivity contribution in [3.05, 3.63) is 64.7 Å². The molecule has 0 N–H and O–H groups in total. The van der Waals surface area contributed by atoms with Crippen molar-refractivity contribution in [3.63, 3.8) is 0 Å². The molecule has 1 amide bonds. The fourth-order valence-corrected chi connectivity index (χ4v) is 5.81. The molecule has 0 fully saturated rings. The van der Waals surface area contributed by atoms with Gasteiger partial charge in [0.05, 0.1) is 5.75 Å². The highest BCUT2D eigenvalue weighted by Crippen LogP contribution is 2.26. The molecule has 1 aliphatic heterocycles. The van der Waals surface area contributed by atoms with Crippen molar-refractivity contribution in [2.75, 3.05) is 31.7 Å². The van der Waals surface area contributed by atoms with Crippen LogP contribution in [0.2, 0.25) is 5.02 Å². The second-order valence-electron chi connectivity index (χ2n) is 8.44. The largest absolute Gasteiger partial charge is 0.375 e. The molecule has 0 spiro atoms. The molecule has 33 heavy (non-hydrogen) atoms. The smallest absolute Gasteiger partial charge is 0.252 e. The van der Waals surface area contributed by atoms with Crippen molar-refractivity contribution in [2.45, 2.75) is 50.8 Å². The van der Waals surface area contributed by atoms with Crippen LogP contribution in [-0.4, -0.2) is 45.4 Å². The average Bonchev–Trinajstić information content (AvgIpc) is 2.80. The molecule has 0 aromatic heterocycles.